The Balaban J connectivity index is 0.00000162. The molecule has 0 aliphatic carbocycles. The second-order valence-corrected chi connectivity index (χ2v) is 6.40. The smallest absolute Gasteiger partial charge is 0.253 e. The first-order chi connectivity index (χ1) is 8.16. The largest absolute Gasteiger partial charge is 0.398 e. The number of nitrogen functional groups attached to an aromatic ring is 1. The minimum absolute atomic E-state index is 0. The van der Waals surface area contributed by atoms with Gasteiger partial charge in [0.1, 0.15) is 0 Å². The Bertz CT molecular complexity index is 425. The number of anilines is 1. The lowest BCUT2D eigenvalue weighted by atomic mass is 10.1. The minimum atomic E-state index is -0.0810. The molecule has 0 spiro atoms. The molecule has 0 bridgehead atoms. The molecule has 3 nitrogen and oxygen atoms in total. The minimum Gasteiger partial charge on any atom is -0.398 e. The van der Waals surface area contributed by atoms with Crippen molar-refractivity contribution in [2.45, 2.75) is 18.1 Å². The molecule has 1 aromatic carbocycles. The van der Waals surface area contributed by atoms with E-state index in [9.17, 15) is 4.79 Å². The van der Waals surface area contributed by atoms with Gasteiger partial charge in [0.25, 0.3) is 5.91 Å². The Morgan fingerprint density at radius 3 is 2.94 bits per heavy atom. The normalized spacial score (nSPS) is 18.2. The molecule has 0 radical (unpaired) electrons. The van der Waals surface area contributed by atoms with Crippen LogP contribution in [-0.4, -0.2) is 23.5 Å². The first-order valence-electron chi connectivity index (χ1n) is 5.61. The number of benzene rings is 1. The molecule has 1 aliphatic rings. The van der Waals surface area contributed by atoms with E-state index in [1.54, 1.807) is 12.1 Å². The molecule has 0 aromatic heterocycles. The van der Waals surface area contributed by atoms with Gasteiger partial charge >= 0.3 is 0 Å². The molecular formula is C12H16BrClN2OS. The Morgan fingerprint density at radius 1 is 1.56 bits per heavy atom. The average Bonchev–Trinajstić information content (AvgIpc) is 2.78. The molecule has 1 aromatic rings. The van der Waals surface area contributed by atoms with Crippen LogP contribution in [0.3, 0.4) is 0 Å². The van der Waals surface area contributed by atoms with E-state index >= 15 is 0 Å². The number of carbonyl (C=O) groups excluding carboxylic acids is 1. The maximum Gasteiger partial charge on any atom is 0.253 e. The summed E-state index contributed by atoms with van der Waals surface area (Å²) in [5, 5.41) is 3.51. The third kappa shape index (κ3) is 4.07. The Morgan fingerprint density at radius 2 is 2.33 bits per heavy atom. The number of carbonyl (C=O) groups is 1. The van der Waals surface area contributed by atoms with Gasteiger partial charge in [-0.3, -0.25) is 4.79 Å². The van der Waals surface area contributed by atoms with Crippen LogP contribution in [0.15, 0.2) is 22.7 Å². The van der Waals surface area contributed by atoms with Gasteiger partial charge < -0.3 is 11.1 Å². The molecule has 100 valence electrons. The number of thioether (sulfide) groups is 1. The summed E-state index contributed by atoms with van der Waals surface area (Å²) >= 11 is 5.26. The molecule has 1 unspecified atom stereocenters. The SMILES string of the molecule is Cl.Nc1cc(Br)ccc1C(=O)NCC1CCCS1. The standard InChI is InChI=1S/C12H15BrN2OS.ClH/c13-8-3-4-10(11(14)6-8)12(16)15-7-9-2-1-5-17-9;/h3-4,6,9H,1-2,5,7,14H2,(H,15,16);1H. The van der Waals surface area contributed by atoms with Gasteiger partial charge in [-0.2, -0.15) is 11.8 Å². The number of hydrogen-bond acceptors (Lipinski definition) is 3. The summed E-state index contributed by atoms with van der Waals surface area (Å²) in [5.74, 6) is 1.13. The quantitative estimate of drug-likeness (QED) is 0.823. The molecule has 18 heavy (non-hydrogen) atoms. The van der Waals surface area contributed by atoms with Gasteiger partial charge in [-0.05, 0) is 36.8 Å². The van der Waals surface area contributed by atoms with Crippen molar-refractivity contribution in [1.82, 2.24) is 5.32 Å². The topological polar surface area (TPSA) is 55.1 Å². The van der Waals surface area contributed by atoms with E-state index in [1.165, 1.54) is 18.6 Å². The fraction of sp³-hybridized carbons (Fsp3) is 0.417. The van der Waals surface area contributed by atoms with Crippen LogP contribution in [0, 0.1) is 0 Å². The first kappa shape index (κ1) is 15.7. The predicted octanol–water partition coefficient (Wildman–Crippen LogP) is 3.08. The van der Waals surface area contributed by atoms with Gasteiger partial charge in [0.2, 0.25) is 0 Å². The van der Waals surface area contributed by atoms with E-state index in [1.807, 2.05) is 17.8 Å². The zero-order chi connectivity index (χ0) is 12.3. The number of halogens is 2. The van der Waals surface area contributed by atoms with Crippen LogP contribution < -0.4 is 11.1 Å². The fourth-order valence-corrected chi connectivity index (χ4v) is 3.43. The second-order valence-electron chi connectivity index (χ2n) is 4.08. The Hall–Kier alpha value is -0.390. The van der Waals surface area contributed by atoms with E-state index in [0.717, 1.165) is 11.0 Å². The molecule has 6 heteroatoms. The molecule has 1 saturated heterocycles. The summed E-state index contributed by atoms with van der Waals surface area (Å²) in [4.78, 5) is 11.9. The Labute approximate surface area is 126 Å². The summed E-state index contributed by atoms with van der Waals surface area (Å²) in [6.07, 6.45) is 2.45. The van der Waals surface area contributed by atoms with Gasteiger partial charge in [0.15, 0.2) is 0 Å². The van der Waals surface area contributed by atoms with Crippen LogP contribution in [-0.2, 0) is 0 Å². The molecule has 2 rings (SSSR count). The van der Waals surface area contributed by atoms with Crippen LogP contribution in [0.4, 0.5) is 5.69 Å². The third-order valence-electron chi connectivity index (χ3n) is 2.77. The highest BCUT2D eigenvalue weighted by Crippen LogP contribution is 2.25. The number of rotatable bonds is 3. The van der Waals surface area contributed by atoms with Crippen LogP contribution in [0.2, 0.25) is 0 Å². The summed E-state index contributed by atoms with van der Waals surface area (Å²) in [7, 11) is 0. The van der Waals surface area contributed by atoms with Gasteiger partial charge in [0, 0.05) is 22.0 Å². The number of hydrogen-bond donors (Lipinski definition) is 2. The number of nitrogens with two attached hydrogens (primary N) is 1. The first-order valence-corrected chi connectivity index (χ1v) is 7.46. The summed E-state index contributed by atoms with van der Waals surface area (Å²) in [6.45, 7) is 0.735. The summed E-state index contributed by atoms with van der Waals surface area (Å²) < 4.78 is 0.887. The molecule has 1 aliphatic heterocycles. The maximum absolute atomic E-state index is 11.9. The number of nitrogens with one attached hydrogen (secondary N) is 1. The molecule has 1 atom stereocenters. The Kier molecular flexibility index (Phi) is 6.32. The van der Waals surface area contributed by atoms with Crippen molar-refractivity contribution in [2.24, 2.45) is 0 Å². The average molecular weight is 352 g/mol. The third-order valence-corrected chi connectivity index (χ3v) is 4.66. The van der Waals surface area contributed by atoms with E-state index in [0.29, 0.717) is 16.5 Å². The number of amides is 1. The van der Waals surface area contributed by atoms with Crippen LogP contribution >= 0.6 is 40.1 Å². The van der Waals surface area contributed by atoms with Gasteiger partial charge in [0.05, 0.1) is 5.56 Å². The zero-order valence-corrected chi connectivity index (χ0v) is 13.0. The molecule has 1 fully saturated rings. The van der Waals surface area contributed by atoms with Gasteiger partial charge in [-0.15, -0.1) is 12.4 Å². The van der Waals surface area contributed by atoms with Crippen molar-refractivity contribution in [3.63, 3.8) is 0 Å². The second kappa shape index (κ2) is 7.26. The van der Waals surface area contributed by atoms with Crippen LogP contribution in [0.1, 0.15) is 23.2 Å². The van der Waals surface area contributed by atoms with Crippen molar-refractivity contribution < 1.29 is 4.79 Å². The monoisotopic (exact) mass is 350 g/mol. The summed E-state index contributed by atoms with van der Waals surface area (Å²) in [6, 6.07) is 5.32. The van der Waals surface area contributed by atoms with Gasteiger partial charge in [-0.1, -0.05) is 15.9 Å². The van der Waals surface area contributed by atoms with Crippen molar-refractivity contribution in [3.8, 4) is 0 Å². The maximum atomic E-state index is 11.9. The van der Waals surface area contributed by atoms with Gasteiger partial charge in [-0.25, -0.2) is 0 Å². The van der Waals surface area contributed by atoms with Crippen molar-refractivity contribution in [2.75, 3.05) is 18.0 Å². The van der Waals surface area contributed by atoms with Crippen molar-refractivity contribution >= 4 is 51.7 Å². The summed E-state index contributed by atoms with van der Waals surface area (Å²) in [5.41, 5.74) is 6.87. The zero-order valence-electron chi connectivity index (χ0n) is 9.82. The lowest BCUT2D eigenvalue weighted by Crippen LogP contribution is -2.30. The van der Waals surface area contributed by atoms with Crippen LogP contribution in [0.5, 0.6) is 0 Å². The lowest BCUT2D eigenvalue weighted by molar-refractivity contribution is 0.0954. The highest BCUT2D eigenvalue weighted by atomic mass is 79.9. The van der Waals surface area contributed by atoms with Crippen molar-refractivity contribution in [3.05, 3.63) is 28.2 Å². The molecule has 1 amide bonds. The molecular weight excluding hydrogens is 336 g/mol. The fourth-order valence-electron chi connectivity index (χ4n) is 1.85. The molecule has 1 heterocycles. The highest BCUT2D eigenvalue weighted by Gasteiger charge is 2.17. The highest BCUT2D eigenvalue weighted by molar-refractivity contribution is 9.10. The lowest BCUT2D eigenvalue weighted by Gasteiger charge is -2.11. The molecule has 3 N–H and O–H groups in total. The van der Waals surface area contributed by atoms with E-state index in [2.05, 4.69) is 21.2 Å². The van der Waals surface area contributed by atoms with Crippen LogP contribution in [0.25, 0.3) is 0 Å². The van der Waals surface area contributed by atoms with E-state index in [-0.39, 0.29) is 18.3 Å². The molecule has 0 saturated carbocycles. The van der Waals surface area contributed by atoms with E-state index < -0.39 is 0 Å². The van der Waals surface area contributed by atoms with Crippen molar-refractivity contribution in [1.29, 1.82) is 0 Å². The van der Waals surface area contributed by atoms with E-state index in [4.69, 9.17) is 5.73 Å². The predicted molar refractivity (Wildman–Crippen MR) is 83.6 cm³/mol.